The van der Waals surface area contributed by atoms with Gasteiger partial charge in [-0.25, -0.2) is 0 Å². The van der Waals surface area contributed by atoms with Crippen molar-refractivity contribution in [1.82, 2.24) is 5.32 Å². The van der Waals surface area contributed by atoms with Gasteiger partial charge >= 0.3 is 0 Å². The highest BCUT2D eigenvalue weighted by molar-refractivity contribution is 5.09. The molecule has 0 spiro atoms. The second-order valence-corrected chi connectivity index (χ2v) is 4.31. The molecule has 1 nitrogen and oxygen atoms in total. The fraction of sp³-hybridized carbons (Fsp3) is 0.818. The Hall–Kier alpha value is -0.480. The van der Waals surface area contributed by atoms with Gasteiger partial charge in [0.1, 0.15) is 0 Å². The predicted molar refractivity (Wildman–Crippen MR) is 54.9 cm³/mol. The molecule has 0 aromatic carbocycles. The van der Waals surface area contributed by atoms with Crippen molar-refractivity contribution in [3.05, 3.63) is 0 Å². The Labute approximate surface area is 76.9 Å². The molecular weight excluding hydrogens is 146 g/mol. The molecule has 0 saturated heterocycles. The summed E-state index contributed by atoms with van der Waals surface area (Å²) in [5.74, 6) is 7.03. The summed E-state index contributed by atoms with van der Waals surface area (Å²) >= 11 is 0. The smallest absolute Gasteiger partial charge is 0.0230 e. The van der Waals surface area contributed by atoms with E-state index in [0.717, 1.165) is 13.0 Å². The van der Waals surface area contributed by atoms with E-state index in [-0.39, 0.29) is 5.41 Å². The summed E-state index contributed by atoms with van der Waals surface area (Å²) in [5.41, 5.74) is 0.147. The molecule has 0 radical (unpaired) electrons. The zero-order valence-corrected chi connectivity index (χ0v) is 8.99. The van der Waals surface area contributed by atoms with Gasteiger partial charge in [-0.1, -0.05) is 18.8 Å². The van der Waals surface area contributed by atoms with E-state index in [1.165, 1.54) is 0 Å². The molecule has 0 aliphatic carbocycles. The van der Waals surface area contributed by atoms with Gasteiger partial charge in [-0.15, -0.1) is 0 Å². The van der Waals surface area contributed by atoms with Crippen molar-refractivity contribution >= 4 is 0 Å². The Morgan fingerprint density at radius 1 is 1.33 bits per heavy atom. The SMILES string of the molecule is CNCCC(C)C#CC(C)(C)C. The molecule has 0 bridgehead atoms. The minimum atomic E-state index is 0.147. The molecule has 0 aromatic heterocycles. The lowest BCUT2D eigenvalue weighted by molar-refractivity contribution is 0.564. The minimum Gasteiger partial charge on any atom is -0.320 e. The molecule has 1 unspecified atom stereocenters. The summed E-state index contributed by atoms with van der Waals surface area (Å²) in [7, 11) is 1.98. The van der Waals surface area contributed by atoms with E-state index in [1.54, 1.807) is 0 Å². The highest BCUT2D eigenvalue weighted by Crippen LogP contribution is 2.11. The molecule has 1 N–H and O–H groups in total. The van der Waals surface area contributed by atoms with Crippen molar-refractivity contribution in [3.63, 3.8) is 0 Å². The molecule has 0 amide bonds. The van der Waals surface area contributed by atoms with Crippen molar-refractivity contribution in [2.45, 2.75) is 34.1 Å². The van der Waals surface area contributed by atoms with Gasteiger partial charge in [-0.05, 0) is 40.8 Å². The maximum Gasteiger partial charge on any atom is 0.0230 e. The molecular formula is C11H21N. The van der Waals surface area contributed by atoms with Crippen LogP contribution in [-0.4, -0.2) is 13.6 Å². The van der Waals surface area contributed by atoms with Gasteiger partial charge in [0.15, 0.2) is 0 Å². The first-order valence-electron chi connectivity index (χ1n) is 4.63. The van der Waals surface area contributed by atoms with Crippen LogP contribution in [0.15, 0.2) is 0 Å². The van der Waals surface area contributed by atoms with Gasteiger partial charge in [-0.2, -0.15) is 0 Å². The third kappa shape index (κ3) is 7.63. The second kappa shape index (κ2) is 5.22. The van der Waals surface area contributed by atoms with Crippen LogP contribution in [0, 0.1) is 23.2 Å². The Morgan fingerprint density at radius 3 is 2.33 bits per heavy atom. The molecule has 0 aliphatic rings. The number of hydrogen-bond acceptors (Lipinski definition) is 1. The maximum absolute atomic E-state index is 3.27. The first-order chi connectivity index (χ1) is 5.45. The van der Waals surface area contributed by atoms with Crippen molar-refractivity contribution in [3.8, 4) is 11.8 Å². The topological polar surface area (TPSA) is 12.0 Å². The molecule has 0 heterocycles. The molecule has 0 aromatic rings. The normalized spacial score (nSPS) is 13.4. The Bertz CT molecular complexity index is 166. The van der Waals surface area contributed by atoms with Crippen LogP contribution >= 0.6 is 0 Å². The summed E-state index contributed by atoms with van der Waals surface area (Å²) in [5, 5.41) is 3.13. The molecule has 0 fully saturated rings. The molecule has 0 rings (SSSR count). The summed E-state index contributed by atoms with van der Waals surface area (Å²) < 4.78 is 0. The van der Waals surface area contributed by atoms with E-state index in [1.807, 2.05) is 7.05 Å². The first kappa shape index (κ1) is 11.5. The third-order valence-corrected chi connectivity index (χ3v) is 1.52. The van der Waals surface area contributed by atoms with E-state index >= 15 is 0 Å². The molecule has 12 heavy (non-hydrogen) atoms. The lowest BCUT2D eigenvalue weighted by Gasteiger charge is -2.09. The number of rotatable bonds is 3. The van der Waals surface area contributed by atoms with Crippen LogP contribution in [0.3, 0.4) is 0 Å². The Balaban J connectivity index is 3.79. The summed E-state index contributed by atoms with van der Waals surface area (Å²) in [4.78, 5) is 0. The first-order valence-corrected chi connectivity index (χ1v) is 4.63. The highest BCUT2D eigenvalue weighted by Gasteiger charge is 2.04. The van der Waals surface area contributed by atoms with Crippen LogP contribution in [0.4, 0.5) is 0 Å². The standard InChI is InChI=1S/C11H21N/c1-10(7-9-12-5)6-8-11(2,3)4/h10,12H,7,9H2,1-5H3. The number of hydrogen-bond donors (Lipinski definition) is 1. The van der Waals surface area contributed by atoms with Crippen molar-refractivity contribution in [2.75, 3.05) is 13.6 Å². The molecule has 0 aliphatic heterocycles. The molecule has 1 atom stereocenters. The largest absolute Gasteiger partial charge is 0.320 e. The van der Waals surface area contributed by atoms with Crippen LogP contribution in [-0.2, 0) is 0 Å². The minimum absolute atomic E-state index is 0.147. The van der Waals surface area contributed by atoms with Crippen molar-refractivity contribution in [2.24, 2.45) is 11.3 Å². The van der Waals surface area contributed by atoms with Crippen molar-refractivity contribution < 1.29 is 0 Å². The van der Waals surface area contributed by atoms with Gasteiger partial charge in [-0.3, -0.25) is 0 Å². The second-order valence-electron chi connectivity index (χ2n) is 4.31. The van der Waals surface area contributed by atoms with Gasteiger partial charge in [0.2, 0.25) is 0 Å². The van der Waals surface area contributed by atoms with Gasteiger partial charge in [0, 0.05) is 11.3 Å². The summed E-state index contributed by atoms with van der Waals surface area (Å²) in [6.07, 6.45) is 1.14. The number of nitrogens with one attached hydrogen (secondary N) is 1. The van der Waals surface area contributed by atoms with Crippen LogP contribution in [0.1, 0.15) is 34.1 Å². The molecule has 1 heteroatoms. The fourth-order valence-corrected chi connectivity index (χ4v) is 0.773. The fourth-order valence-electron chi connectivity index (χ4n) is 0.773. The lowest BCUT2D eigenvalue weighted by atomic mass is 9.96. The average Bonchev–Trinajstić information content (AvgIpc) is 1.95. The summed E-state index contributed by atoms with van der Waals surface area (Å²) in [6, 6.07) is 0. The summed E-state index contributed by atoms with van der Waals surface area (Å²) in [6.45, 7) is 9.66. The zero-order chi connectivity index (χ0) is 9.61. The van der Waals surface area contributed by atoms with Gasteiger partial charge in [0.25, 0.3) is 0 Å². The van der Waals surface area contributed by atoms with Gasteiger partial charge < -0.3 is 5.32 Å². The predicted octanol–water partition coefficient (Wildman–Crippen LogP) is 2.28. The zero-order valence-electron chi connectivity index (χ0n) is 8.99. The molecule has 0 saturated carbocycles. The van der Waals surface area contributed by atoms with Crippen LogP contribution in [0.25, 0.3) is 0 Å². The van der Waals surface area contributed by atoms with E-state index in [9.17, 15) is 0 Å². The van der Waals surface area contributed by atoms with E-state index in [2.05, 4.69) is 44.9 Å². The van der Waals surface area contributed by atoms with E-state index < -0.39 is 0 Å². The highest BCUT2D eigenvalue weighted by atomic mass is 14.8. The van der Waals surface area contributed by atoms with Gasteiger partial charge in [0.05, 0.1) is 0 Å². The van der Waals surface area contributed by atoms with Crippen LogP contribution in [0.5, 0.6) is 0 Å². The van der Waals surface area contributed by atoms with E-state index in [0.29, 0.717) is 5.92 Å². The molecule has 70 valence electrons. The van der Waals surface area contributed by atoms with Crippen LogP contribution < -0.4 is 5.32 Å². The Kier molecular flexibility index (Phi) is 5.01. The quantitative estimate of drug-likeness (QED) is 0.636. The third-order valence-electron chi connectivity index (χ3n) is 1.52. The Morgan fingerprint density at radius 2 is 1.92 bits per heavy atom. The monoisotopic (exact) mass is 167 g/mol. The van der Waals surface area contributed by atoms with E-state index in [4.69, 9.17) is 0 Å². The average molecular weight is 167 g/mol. The van der Waals surface area contributed by atoms with Crippen molar-refractivity contribution in [1.29, 1.82) is 0 Å². The lowest BCUT2D eigenvalue weighted by Crippen LogP contribution is -2.11. The van der Waals surface area contributed by atoms with Crippen LogP contribution in [0.2, 0.25) is 0 Å². The maximum atomic E-state index is 3.27.